The van der Waals surface area contributed by atoms with Gasteiger partial charge in [0.25, 0.3) is 5.88 Å². The zero-order valence-electron chi connectivity index (χ0n) is 12.0. The molecule has 1 aliphatic rings. The van der Waals surface area contributed by atoms with Crippen LogP contribution in [0, 0.1) is 5.92 Å². The molecule has 1 fully saturated rings. The van der Waals surface area contributed by atoms with Gasteiger partial charge in [0.1, 0.15) is 0 Å². The third kappa shape index (κ3) is 2.78. The standard InChI is InChI=1S/C14H17F4NO2/c1-8(2)10-4-5-11(12(19-10)20-3)21-7-9-6-13(15,16)14(9,17)18/h4-5,8-9H,6-7H2,1-3H3. The molecule has 0 bridgehead atoms. The summed E-state index contributed by atoms with van der Waals surface area (Å²) < 4.78 is 62.0. The maximum absolute atomic E-state index is 13.2. The van der Waals surface area contributed by atoms with Gasteiger partial charge >= 0.3 is 11.8 Å². The first-order valence-electron chi connectivity index (χ1n) is 6.62. The summed E-state index contributed by atoms with van der Waals surface area (Å²) >= 11 is 0. The number of aromatic nitrogens is 1. The first-order chi connectivity index (χ1) is 9.69. The summed E-state index contributed by atoms with van der Waals surface area (Å²) in [5.74, 6) is -8.95. The Kier molecular flexibility index (Phi) is 4.04. The zero-order chi connectivity index (χ0) is 15.8. The number of hydrogen-bond acceptors (Lipinski definition) is 3. The van der Waals surface area contributed by atoms with Gasteiger partial charge in [0.05, 0.1) is 19.6 Å². The molecule has 0 saturated heterocycles. The summed E-state index contributed by atoms with van der Waals surface area (Å²) in [4.78, 5) is 4.19. The van der Waals surface area contributed by atoms with Crippen molar-refractivity contribution < 1.29 is 27.0 Å². The predicted molar refractivity (Wildman–Crippen MR) is 68.4 cm³/mol. The van der Waals surface area contributed by atoms with Crippen LogP contribution in [-0.2, 0) is 0 Å². The van der Waals surface area contributed by atoms with E-state index in [0.29, 0.717) is 0 Å². The van der Waals surface area contributed by atoms with Gasteiger partial charge in [-0.15, -0.1) is 0 Å². The topological polar surface area (TPSA) is 31.4 Å². The van der Waals surface area contributed by atoms with Gasteiger partial charge in [-0.3, -0.25) is 0 Å². The second kappa shape index (κ2) is 5.35. The van der Waals surface area contributed by atoms with Crippen LogP contribution in [0.4, 0.5) is 17.6 Å². The highest BCUT2D eigenvalue weighted by molar-refractivity contribution is 5.35. The Morgan fingerprint density at radius 2 is 1.95 bits per heavy atom. The first-order valence-corrected chi connectivity index (χ1v) is 6.62. The van der Waals surface area contributed by atoms with Crippen LogP contribution in [0.25, 0.3) is 0 Å². The molecule has 2 rings (SSSR count). The molecule has 1 atom stereocenters. The second-order valence-corrected chi connectivity index (χ2v) is 5.44. The van der Waals surface area contributed by atoms with Crippen molar-refractivity contribution in [2.45, 2.75) is 38.0 Å². The maximum Gasteiger partial charge on any atom is 0.316 e. The van der Waals surface area contributed by atoms with E-state index in [9.17, 15) is 17.6 Å². The fourth-order valence-corrected chi connectivity index (χ4v) is 2.11. The number of ether oxygens (including phenoxy) is 2. The largest absolute Gasteiger partial charge is 0.487 e. The van der Waals surface area contributed by atoms with Crippen molar-refractivity contribution >= 4 is 0 Å². The number of methoxy groups -OCH3 is 1. The van der Waals surface area contributed by atoms with E-state index < -0.39 is 30.8 Å². The van der Waals surface area contributed by atoms with Crippen molar-refractivity contribution in [2.24, 2.45) is 5.92 Å². The van der Waals surface area contributed by atoms with Gasteiger partial charge in [-0.1, -0.05) is 13.8 Å². The second-order valence-electron chi connectivity index (χ2n) is 5.44. The van der Waals surface area contributed by atoms with Gasteiger partial charge < -0.3 is 9.47 Å². The molecule has 3 nitrogen and oxygen atoms in total. The molecule has 0 N–H and O–H groups in total. The molecule has 0 radical (unpaired) electrons. The summed E-state index contributed by atoms with van der Waals surface area (Å²) in [5.41, 5.74) is 0.764. The summed E-state index contributed by atoms with van der Waals surface area (Å²) in [7, 11) is 1.38. The van der Waals surface area contributed by atoms with E-state index in [0.717, 1.165) is 5.69 Å². The third-order valence-electron chi connectivity index (χ3n) is 3.57. The Hall–Kier alpha value is -1.53. The van der Waals surface area contributed by atoms with Crippen molar-refractivity contribution in [2.75, 3.05) is 13.7 Å². The Balaban J connectivity index is 2.04. The van der Waals surface area contributed by atoms with Gasteiger partial charge in [-0.2, -0.15) is 17.6 Å². The van der Waals surface area contributed by atoms with E-state index in [1.807, 2.05) is 13.8 Å². The van der Waals surface area contributed by atoms with Gasteiger partial charge in [0, 0.05) is 12.1 Å². The van der Waals surface area contributed by atoms with E-state index in [2.05, 4.69) is 4.98 Å². The lowest BCUT2D eigenvalue weighted by Crippen LogP contribution is -2.60. The average Bonchev–Trinajstić information content (AvgIpc) is 2.42. The average molecular weight is 307 g/mol. The first kappa shape index (κ1) is 15.9. The lowest BCUT2D eigenvalue weighted by Gasteiger charge is -2.43. The minimum absolute atomic E-state index is 0.163. The highest BCUT2D eigenvalue weighted by Gasteiger charge is 2.71. The SMILES string of the molecule is COc1nc(C(C)C)ccc1OCC1CC(F)(F)C1(F)F. The molecule has 21 heavy (non-hydrogen) atoms. The smallest absolute Gasteiger partial charge is 0.316 e. The zero-order valence-corrected chi connectivity index (χ0v) is 12.0. The number of alkyl halides is 4. The van der Waals surface area contributed by atoms with Crippen LogP contribution in [0.15, 0.2) is 12.1 Å². The Labute approximate surface area is 120 Å². The van der Waals surface area contributed by atoms with Gasteiger partial charge in [0.15, 0.2) is 5.75 Å². The molecule has 1 unspecified atom stereocenters. The van der Waals surface area contributed by atoms with Crippen LogP contribution in [0.2, 0.25) is 0 Å². The minimum Gasteiger partial charge on any atom is -0.487 e. The molecule has 0 aliphatic heterocycles. The van der Waals surface area contributed by atoms with Crippen LogP contribution in [-0.4, -0.2) is 30.5 Å². The van der Waals surface area contributed by atoms with Crippen LogP contribution in [0.1, 0.15) is 31.9 Å². The Morgan fingerprint density at radius 1 is 1.29 bits per heavy atom. The van der Waals surface area contributed by atoms with Crippen molar-refractivity contribution in [3.8, 4) is 11.6 Å². The molecular weight excluding hydrogens is 290 g/mol. The molecule has 1 heterocycles. The van der Waals surface area contributed by atoms with Crippen LogP contribution < -0.4 is 9.47 Å². The normalized spacial score (nSPS) is 22.8. The van der Waals surface area contributed by atoms with Crippen LogP contribution in [0.5, 0.6) is 11.6 Å². The lowest BCUT2D eigenvalue weighted by molar-refractivity contribution is -0.317. The quantitative estimate of drug-likeness (QED) is 0.774. The summed E-state index contributed by atoms with van der Waals surface area (Å²) in [6.45, 7) is 3.39. The Morgan fingerprint density at radius 3 is 2.43 bits per heavy atom. The third-order valence-corrected chi connectivity index (χ3v) is 3.57. The molecule has 0 amide bonds. The number of halogens is 4. The molecule has 0 spiro atoms. The van der Waals surface area contributed by atoms with Crippen molar-refractivity contribution in [1.82, 2.24) is 4.98 Å². The number of rotatable bonds is 5. The fourth-order valence-electron chi connectivity index (χ4n) is 2.11. The highest BCUT2D eigenvalue weighted by Crippen LogP contribution is 2.55. The molecule has 7 heteroatoms. The molecule has 1 aromatic heterocycles. The van der Waals surface area contributed by atoms with E-state index in [1.165, 1.54) is 7.11 Å². The molecule has 0 aromatic carbocycles. The summed E-state index contributed by atoms with van der Waals surface area (Å²) in [6, 6.07) is 3.24. The number of hydrogen-bond donors (Lipinski definition) is 0. The lowest BCUT2D eigenvalue weighted by atomic mass is 9.77. The van der Waals surface area contributed by atoms with Crippen LogP contribution >= 0.6 is 0 Å². The van der Waals surface area contributed by atoms with E-state index in [4.69, 9.17) is 9.47 Å². The molecule has 1 aliphatic carbocycles. The van der Waals surface area contributed by atoms with E-state index in [1.54, 1.807) is 12.1 Å². The monoisotopic (exact) mass is 307 g/mol. The fraction of sp³-hybridized carbons (Fsp3) is 0.643. The molecule has 1 aromatic rings. The van der Waals surface area contributed by atoms with Crippen molar-refractivity contribution in [3.05, 3.63) is 17.8 Å². The van der Waals surface area contributed by atoms with Gasteiger partial charge in [-0.05, 0) is 18.1 Å². The van der Waals surface area contributed by atoms with E-state index in [-0.39, 0.29) is 17.5 Å². The van der Waals surface area contributed by atoms with Gasteiger partial charge in [-0.25, -0.2) is 4.98 Å². The van der Waals surface area contributed by atoms with E-state index >= 15 is 0 Å². The maximum atomic E-state index is 13.2. The molecule has 1 saturated carbocycles. The molecular formula is C14H17F4NO2. The number of nitrogens with zero attached hydrogens (tertiary/aromatic N) is 1. The molecule has 118 valence electrons. The van der Waals surface area contributed by atoms with Gasteiger partial charge in [0.2, 0.25) is 0 Å². The summed E-state index contributed by atoms with van der Waals surface area (Å²) in [6.07, 6.45) is -0.875. The van der Waals surface area contributed by atoms with Crippen LogP contribution in [0.3, 0.4) is 0 Å². The number of pyridine rings is 1. The minimum atomic E-state index is -4.02. The predicted octanol–water partition coefficient (Wildman–Crippen LogP) is 3.88. The van der Waals surface area contributed by atoms with Crippen molar-refractivity contribution in [3.63, 3.8) is 0 Å². The summed E-state index contributed by atoms with van der Waals surface area (Å²) in [5, 5.41) is 0. The van der Waals surface area contributed by atoms with Crippen molar-refractivity contribution in [1.29, 1.82) is 0 Å². The Bertz CT molecular complexity index is 520. The highest BCUT2D eigenvalue weighted by atomic mass is 19.3.